The van der Waals surface area contributed by atoms with E-state index < -0.39 is 0 Å². The molecular weight excluding hydrogens is 408 g/mol. The Labute approximate surface area is 164 Å². The Morgan fingerprint density at radius 2 is 1.96 bits per heavy atom. The van der Waals surface area contributed by atoms with Crippen molar-refractivity contribution in [3.05, 3.63) is 59.6 Å². The maximum Gasteiger partial charge on any atom is 0.331 e. The molecule has 8 heteroatoms. The molecule has 0 unspecified atom stereocenters. The van der Waals surface area contributed by atoms with Crippen LogP contribution in [0, 0.1) is 0 Å². The van der Waals surface area contributed by atoms with Crippen molar-refractivity contribution in [3.8, 4) is 11.5 Å². The third-order valence-corrected chi connectivity index (χ3v) is 4.68. The number of benzene rings is 1. The zero-order valence-electron chi connectivity index (χ0n) is 14.8. The van der Waals surface area contributed by atoms with E-state index in [9.17, 15) is 4.79 Å². The second-order valence-corrected chi connectivity index (χ2v) is 7.35. The molecule has 0 aliphatic heterocycles. The predicted octanol–water partition coefficient (Wildman–Crippen LogP) is 4.72. The molecule has 0 spiro atoms. The summed E-state index contributed by atoms with van der Waals surface area (Å²) in [5.74, 6) is 1.12. The van der Waals surface area contributed by atoms with Crippen LogP contribution in [0.5, 0.6) is 0 Å². The number of fused-ring (bicyclic) bond motifs is 1. The average Bonchev–Trinajstić information content (AvgIpc) is 3.28. The van der Waals surface area contributed by atoms with Gasteiger partial charge in [0.25, 0.3) is 0 Å². The van der Waals surface area contributed by atoms with Crippen LogP contribution in [0.4, 0.5) is 10.6 Å². The van der Waals surface area contributed by atoms with Crippen LogP contribution in [0.2, 0.25) is 0 Å². The standard InChI is InChI=1S/C19H17BrN6O/c1-12(2)26-11-21-24-18(26)16-4-3-5-17(22-16)23-19(27)25-9-13-6-7-15(20)8-14(13)10-25/h3-12H,1-2H3,(H,22,23,27). The lowest BCUT2D eigenvalue weighted by Gasteiger charge is -2.10. The van der Waals surface area contributed by atoms with E-state index in [1.807, 2.05) is 48.7 Å². The highest BCUT2D eigenvalue weighted by Gasteiger charge is 2.13. The highest BCUT2D eigenvalue weighted by molar-refractivity contribution is 9.10. The van der Waals surface area contributed by atoms with Gasteiger partial charge in [-0.15, -0.1) is 10.2 Å². The Morgan fingerprint density at radius 3 is 2.78 bits per heavy atom. The van der Waals surface area contributed by atoms with Gasteiger partial charge in [0.15, 0.2) is 5.82 Å². The summed E-state index contributed by atoms with van der Waals surface area (Å²) < 4.78 is 4.42. The molecule has 1 aromatic carbocycles. The maximum absolute atomic E-state index is 12.6. The first-order valence-electron chi connectivity index (χ1n) is 8.47. The summed E-state index contributed by atoms with van der Waals surface area (Å²) in [7, 11) is 0. The number of amides is 1. The van der Waals surface area contributed by atoms with Gasteiger partial charge in [0.1, 0.15) is 17.8 Å². The van der Waals surface area contributed by atoms with Gasteiger partial charge in [0.2, 0.25) is 0 Å². The number of nitrogens with zero attached hydrogens (tertiary/aromatic N) is 5. The molecule has 0 saturated carbocycles. The Morgan fingerprint density at radius 1 is 1.15 bits per heavy atom. The fourth-order valence-corrected chi connectivity index (χ4v) is 3.21. The van der Waals surface area contributed by atoms with Gasteiger partial charge in [-0.2, -0.15) is 0 Å². The van der Waals surface area contributed by atoms with E-state index in [2.05, 4.69) is 36.4 Å². The van der Waals surface area contributed by atoms with Crippen molar-refractivity contribution >= 4 is 38.6 Å². The number of aromatic nitrogens is 5. The molecule has 0 aliphatic carbocycles. The van der Waals surface area contributed by atoms with Crippen LogP contribution in [-0.2, 0) is 0 Å². The molecule has 0 fully saturated rings. The van der Waals surface area contributed by atoms with E-state index in [-0.39, 0.29) is 12.1 Å². The number of halogens is 1. The Kier molecular flexibility index (Phi) is 4.49. The van der Waals surface area contributed by atoms with Crippen molar-refractivity contribution in [1.82, 2.24) is 24.3 Å². The molecule has 0 saturated heterocycles. The van der Waals surface area contributed by atoms with Gasteiger partial charge in [0.05, 0.1) is 0 Å². The number of nitrogens with one attached hydrogen (secondary N) is 1. The molecule has 136 valence electrons. The van der Waals surface area contributed by atoms with E-state index in [4.69, 9.17) is 0 Å². The summed E-state index contributed by atoms with van der Waals surface area (Å²) >= 11 is 3.44. The molecule has 0 aliphatic rings. The van der Waals surface area contributed by atoms with Gasteiger partial charge in [-0.25, -0.2) is 9.78 Å². The summed E-state index contributed by atoms with van der Waals surface area (Å²) in [5.41, 5.74) is 0.653. The number of rotatable bonds is 3. The van der Waals surface area contributed by atoms with Crippen molar-refractivity contribution < 1.29 is 4.79 Å². The van der Waals surface area contributed by atoms with E-state index >= 15 is 0 Å². The molecule has 4 aromatic rings. The van der Waals surface area contributed by atoms with Gasteiger partial charge in [-0.05, 0) is 43.5 Å². The summed E-state index contributed by atoms with van der Waals surface area (Å²) in [6.07, 6.45) is 5.25. The molecule has 0 atom stereocenters. The van der Waals surface area contributed by atoms with Crippen LogP contribution in [-0.4, -0.2) is 30.3 Å². The van der Waals surface area contributed by atoms with Gasteiger partial charge in [0, 0.05) is 28.3 Å². The van der Waals surface area contributed by atoms with Crippen molar-refractivity contribution in [2.45, 2.75) is 19.9 Å². The lowest BCUT2D eigenvalue weighted by molar-refractivity contribution is 0.253. The van der Waals surface area contributed by atoms with E-state index in [1.165, 1.54) is 4.57 Å². The molecule has 0 radical (unpaired) electrons. The van der Waals surface area contributed by atoms with Gasteiger partial charge >= 0.3 is 6.03 Å². The number of carbonyl (C=O) groups is 1. The molecule has 3 aromatic heterocycles. The molecule has 4 rings (SSSR count). The van der Waals surface area contributed by atoms with Gasteiger partial charge in [-0.1, -0.05) is 28.1 Å². The summed E-state index contributed by atoms with van der Waals surface area (Å²) in [5, 5.41) is 12.9. The average molecular weight is 425 g/mol. The maximum atomic E-state index is 12.6. The molecule has 1 amide bonds. The Hall–Kier alpha value is -3.00. The highest BCUT2D eigenvalue weighted by atomic mass is 79.9. The third-order valence-electron chi connectivity index (χ3n) is 4.18. The van der Waals surface area contributed by atoms with Gasteiger partial charge < -0.3 is 4.57 Å². The predicted molar refractivity (Wildman–Crippen MR) is 108 cm³/mol. The molecule has 0 bridgehead atoms. The van der Waals surface area contributed by atoms with Crippen molar-refractivity contribution in [2.24, 2.45) is 0 Å². The van der Waals surface area contributed by atoms with Crippen molar-refractivity contribution in [2.75, 3.05) is 5.32 Å². The van der Waals surface area contributed by atoms with E-state index in [0.717, 1.165) is 15.2 Å². The van der Waals surface area contributed by atoms with Crippen molar-refractivity contribution in [3.63, 3.8) is 0 Å². The Balaban J connectivity index is 1.60. The third kappa shape index (κ3) is 3.48. The first kappa shape index (κ1) is 17.4. The summed E-state index contributed by atoms with van der Waals surface area (Å²) in [6.45, 7) is 4.10. The van der Waals surface area contributed by atoms with Crippen LogP contribution in [0.1, 0.15) is 19.9 Å². The van der Waals surface area contributed by atoms with Crippen molar-refractivity contribution in [1.29, 1.82) is 0 Å². The lowest BCUT2D eigenvalue weighted by Crippen LogP contribution is -2.18. The Bertz CT molecular complexity index is 1130. The molecular formula is C19H17BrN6O. The smallest absolute Gasteiger partial charge is 0.310 e. The quantitative estimate of drug-likeness (QED) is 0.515. The zero-order chi connectivity index (χ0) is 19.0. The highest BCUT2D eigenvalue weighted by Crippen LogP contribution is 2.22. The molecule has 1 N–H and O–H groups in total. The topological polar surface area (TPSA) is 77.6 Å². The van der Waals surface area contributed by atoms with Crippen LogP contribution in [0.15, 0.2) is 59.6 Å². The zero-order valence-corrected chi connectivity index (χ0v) is 16.4. The van der Waals surface area contributed by atoms with E-state index in [0.29, 0.717) is 17.3 Å². The number of hydrogen-bond donors (Lipinski definition) is 1. The molecule has 7 nitrogen and oxygen atoms in total. The number of pyridine rings is 1. The minimum absolute atomic E-state index is 0.210. The number of anilines is 1. The monoisotopic (exact) mass is 424 g/mol. The second kappa shape index (κ2) is 6.96. The fourth-order valence-electron chi connectivity index (χ4n) is 2.84. The first-order chi connectivity index (χ1) is 13.0. The lowest BCUT2D eigenvalue weighted by atomic mass is 10.2. The number of hydrogen-bond acceptors (Lipinski definition) is 4. The van der Waals surface area contributed by atoms with Crippen LogP contribution >= 0.6 is 15.9 Å². The van der Waals surface area contributed by atoms with Gasteiger partial charge in [-0.3, -0.25) is 9.88 Å². The minimum atomic E-state index is -0.280. The number of carbonyl (C=O) groups excluding carboxylic acids is 1. The van der Waals surface area contributed by atoms with E-state index in [1.54, 1.807) is 24.8 Å². The normalized spacial score (nSPS) is 11.3. The molecule has 3 heterocycles. The molecule has 27 heavy (non-hydrogen) atoms. The minimum Gasteiger partial charge on any atom is -0.310 e. The van der Waals surface area contributed by atoms with Crippen LogP contribution < -0.4 is 5.32 Å². The SMILES string of the molecule is CC(C)n1cnnc1-c1cccc(NC(=O)n2cc3ccc(Br)cc3c2)n1. The van der Waals surface area contributed by atoms with Crippen LogP contribution in [0.3, 0.4) is 0 Å². The fraction of sp³-hybridized carbons (Fsp3) is 0.158. The largest absolute Gasteiger partial charge is 0.331 e. The van der Waals surface area contributed by atoms with Crippen LogP contribution in [0.25, 0.3) is 22.3 Å². The summed E-state index contributed by atoms with van der Waals surface area (Å²) in [6, 6.07) is 11.2. The first-order valence-corrected chi connectivity index (χ1v) is 9.26. The second-order valence-electron chi connectivity index (χ2n) is 6.43. The summed E-state index contributed by atoms with van der Waals surface area (Å²) in [4.78, 5) is 17.1.